The van der Waals surface area contributed by atoms with Gasteiger partial charge in [-0.25, -0.2) is 4.39 Å². The highest BCUT2D eigenvalue weighted by Crippen LogP contribution is 2.28. The summed E-state index contributed by atoms with van der Waals surface area (Å²) in [4.78, 5) is 1.31. The van der Waals surface area contributed by atoms with Gasteiger partial charge in [0.1, 0.15) is 5.82 Å². The van der Waals surface area contributed by atoms with Gasteiger partial charge in [0.05, 0.1) is 0 Å². The summed E-state index contributed by atoms with van der Waals surface area (Å²) in [5.41, 5.74) is 1.14. The number of hydrogen-bond acceptors (Lipinski definition) is 2. The Kier molecular flexibility index (Phi) is 5.17. The highest BCUT2D eigenvalue weighted by molar-refractivity contribution is 14.1. The summed E-state index contributed by atoms with van der Waals surface area (Å²) >= 11 is 7.38. The molecule has 1 N–H and O–H groups in total. The Morgan fingerprint density at radius 1 is 1.44 bits per heavy atom. The molecule has 18 heavy (non-hydrogen) atoms. The van der Waals surface area contributed by atoms with E-state index in [-0.39, 0.29) is 11.9 Å². The first kappa shape index (κ1) is 14.4. The highest BCUT2D eigenvalue weighted by Gasteiger charge is 2.14. The molecule has 0 fully saturated rings. The van der Waals surface area contributed by atoms with E-state index in [1.54, 1.807) is 17.4 Å². The lowest BCUT2D eigenvalue weighted by atomic mass is 10.0. The Morgan fingerprint density at radius 3 is 2.78 bits per heavy atom. The molecule has 2 aromatic rings. The van der Waals surface area contributed by atoms with Crippen molar-refractivity contribution in [3.63, 3.8) is 0 Å². The van der Waals surface area contributed by atoms with E-state index in [4.69, 9.17) is 0 Å². The molecule has 0 spiro atoms. The van der Waals surface area contributed by atoms with E-state index in [2.05, 4.69) is 55.3 Å². The van der Waals surface area contributed by atoms with Gasteiger partial charge in [-0.05, 0) is 69.3 Å². The van der Waals surface area contributed by atoms with Gasteiger partial charge >= 0.3 is 0 Å². The van der Waals surface area contributed by atoms with E-state index >= 15 is 0 Å². The summed E-state index contributed by atoms with van der Waals surface area (Å²) in [6, 6.07) is 7.30. The molecule has 0 aliphatic carbocycles. The molecular formula is C13H12BrFINS. The predicted octanol–water partition coefficient (Wildman–Crippen LogP) is 4.76. The number of halogens is 3. The molecule has 0 saturated carbocycles. The maximum Gasteiger partial charge on any atom is 0.124 e. The number of rotatable bonds is 4. The third-order valence-corrected chi connectivity index (χ3v) is 5.37. The summed E-state index contributed by atoms with van der Waals surface area (Å²) < 4.78 is 15.2. The smallest absolute Gasteiger partial charge is 0.124 e. The molecule has 96 valence electrons. The zero-order valence-electron chi connectivity index (χ0n) is 9.71. The second-order valence-corrected chi connectivity index (χ2v) is 7.02. The molecule has 1 aromatic carbocycles. The minimum absolute atomic E-state index is 0.183. The second kappa shape index (κ2) is 6.45. The molecule has 0 amide bonds. The first-order valence-electron chi connectivity index (χ1n) is 5.45. The lowest BCUT2D eigenvalue weighted by Gasteiger charge is -2.17. The molecule has 1 heterocycles. The first-order valence-corrected chi connectivity index (χ1v) is 8.20. The van der Waals surface area contributed by atoms with Crippen LogP contribution in [0.4, 0.5) is 4.39 Å². The Balaban J connectivity index is 2.22. The Bertz CT molecular complexity index is 544. The second-order valence-electron chi connectivity index (χ2n) is 3.94. The molecule has 0 radical (unpaired) electrons. The number of thiophene rings is 1. The normalized spacial score (nSPS) is 12.7. The quantitative estimate of drug-likeness (QED) is 0.677. The monoisotopic (exact) mass is 439 g/mol. The number of likely N-dealkylation sites (N-methyl/N-ethyl adjacent to an activating group) is 1. The molecule has 1 unspecified atom stereocenters. The van der Waals surface area contributed by atoms with Crippen molar-refractivity contribution >= 4 is 49.9 Å². The summed E-state index contributed by atoms with van der Waals surface area (Å²) in [5.74, 6) is -0.183. The van der Waals surface area contributed by atoms with E-state index in [1.165, 1.54) is 10.9 Å². The van der Waals surface area contributed by atoms with Gasteiger partial charge in [-0.2, -0.15) is 0 Å². The van der Waals surface area contributed by atoms with Crippen LogP contribution in [0.15, 0.2) is 34.1 Å². The van der Waals surface area contributed by atoms with Crippen molar-refractivity contribution in [1.29, 1.82) is 0 Å². The van der Waals surface area contributed by atoms with Gasteiger partial charge in [0, 0.05) is 30.8 Å². The lowest BCUT2D eigenvalue weighted by molar-refractivity contribution is 0.586. The van der Waals surface area contributed by atoms with Gasteiger partial charge in [0.25, 0.3) is 0 Å². The van der Waals surface area contributed by atoms with Crippen molar-refractivity contribution in [2.75, 3.05) is 7.05 Å². The van der Waals surface area contributed by atoms with E-state index in [1.807, 2.05) is 13.1 Å². The molecular weight excluding hydrogens is 428 g/mol. The molecule has 0 bridgehead atoms. The fourth-order valence-corrected chi connectivity index (χ4v) is 4.16. The molecule has 0 aliphatic heterocycles. The lowest BCUT2D eigenvalue weighted by Crippen LogP contribution is -2.19. The SMILES string of the molecule is CNC(Cc1cc(Br)cs1)c1ccc(F)cc1I. The van der Waals surface area contributed by atoms with E-state index in [0.29, 0.717) is 0 Å². The molecule has 0 aliphatic rings. The fraction of sp³-hybridized carbons (Fsp3) is 0.231. The predicted molar refractivity (Wildman–Crippen MR) is 86.6 cm³/mol. The molecule has 5 heteroatoms. The largest absolute Gasteiger partial charge is 0.313 e. The zero-order chi connectivity index (χ0) is 13.1. The van der Waals surface area contributed by atoms with Gasteiger partial charge in [-0.15, -0.1) is 11.3 Å². The Hall–Kier alpha value is 0.0200. The van der Waals surface area contributed by atoms with Crippen LogP contribution in [0.2, 0.25) is 0 Å². The van der Waals surface area contributed by atoms with Gasteiger partial charge < -0.3 is 5.32 Å². The minimum atomic E-state index is -0.183. The van der Waals surface area contributed by atoms with Gasteiger partial charge in [-0.1, -0.05) is 6.07 Å². The molecule has 1 aromatic heterocycles. The standard InChI is InChI=1S/C13H12BrFINS/c1-17-13(6-10-4-8(14)7-18-10)11-3-2-9(15)5-12(11)16/h2-5,7,13,17H,6H2,1H3. The molecule has 0 saturated heterocycles. The first-order chi connectivity index (χ1) is 8.60. The van der Waals surface area contributed by atoms with Crippen LogP contribution in [0.1, 0.15) is 16.5 Å². The Morgan fingerprint density at radius 2 is 2.22 bits per heavy atom. The van der Waals surface area contributed by atoms with Crippen molar-refractivity contribution in [2.24, 2.45) is 0 Å². The van der Waals surface area contributed by atoms with Gasteiger partial charge in [0.15, 0.2) is 0 Å². The van der Waals surface area contributed by atoms with Crippen LogP contribution in [0.25, 0.3) is 0 Å². The zero-order valence-corrected chi connectivity index (χ0v) is 14.3. The van der Waals surface area contributed by atoms with Crippen LogP contribution < -0.4 is 5.32 Å². The van der Waals surface area contributed by atoms with Crippen molar-refractivity contribution in [3.05, 3.63) is 53.9 Å². The average molecular weight is 440 g/mol. The van der Waals surface area contributed by atoms with Gasteiger partial charge in [0.2, 0.25) is 0 Å². The number of benzene rings is 1. The number of nitrogens with one attached hydrogen (secondary N) is 1. The molecule has 1 atom stereocenters. The van der Waals surface area contributed by atoms with Crippen molar-refractivity contribution in [1.82, 2.24) is 5.32 Å². The Labute approximate surface area is 132 Å². The van der Waals surface area contributed by atoms with E-state index in [0.717, 1.165) is 20.0 Å². The van der Waals surface area contributed by atoms with E-state index < -0.39 is 0 Å². The summed E-state index contributed by atoms with van der Waals surface area (Å²) in [7, 11) is 1.94. The van der Waals surface area contributed by atoms with Crippen molar-refractivity contribution in [2.45, 2.75) is 12.5 Å². The van der Waals surface area contributed by atoms with Crippen molar-refractivity contribution < 1.29 is 4.39 Å². The summed E-state index contributed by atoms with van der Waals surface area (Å²) in [6.45, 7) is 0. The van der Waals surface area contributed by atoms with Crippen LogP contribution >= 0.6 is 49.9 Å². The average Bonchev–Trinajstić information content (AvgIpc) is 2.72. The highest BCUT2D eigenvalue weighted by atomic mass is 127. The fourth-order valence-electron chi connectivity index (χ4n) is 1.81. The van der Waals surface area contributed by atoms with Crippen LogP contribution in [0.5, 0.6) is 0 Å². The van der Waals surface area contributed by atoms with Crippen LogP contribution in [0.3, 0.4) is 0 Å². The van der Waals surface area contributed by atoms with Crippen LogP contribution in [0, 0.1) is 9.39 Å². The third-order valence-electron chi connectivity index (χ3n) is 2.71. The molecule has 2 rings (SSSR count). The minimum Gasteiger partial charge on any atom is -0.313 e. The topological polar surface area (TPSA) is 12.0 Å². The van der Waals surface area contributed by atoms with Crippen molar-refractivity contribution in [3.8, 4) is 0 Å². The molecule has 1 nitrogen and oxygen atoms in total. The maximum absolute atomic E-state index is 13.1. The summed E-state index contributed by atoms with van der Waals surface area (Å²) in [5, 5.41) is 5.38. The number of hydrogen-bond donors (Lipinski definition) is 1. The van der Waals surface area contributed by atoms with E-state index in [9.17, 15) is 4.39 Å². The summed E-state index contributed by atoms with van der Waals surface area (Å²) in [6.07, 6.45) is 0.911. The van der Waals surface area contributed by atoms with Gasteiger partial charge in [-0.3, -0.25) is 0 Å². The van der Waals surface area contributed by atoms with Crippen LogP contribution in [-0.4, -0.2) is 7.05 Å². The third kappa shape index (κ3) is 3.53. The maximum atomic E-state index is 13.1. The van der Waals surface area contributed by atoms with Crippen LogP contribution in [-0.2, 0) is 6.42 Å².